The SMILES string of the molecule is COc1cc(CNC(=O)c2cc(=O)c3ccccc3[nH]2)ccc1C. The van der Waals surface area contributed by atoms with Crippen LogP contribution in [0, 0.1) is 6.92 Å². The molecule has 3 rings (SSSR count). The van der Waals surface area contributed by atoms with Crippen molar-refractivity contribution < 1.29 is 9.53 Å². The molecule has 0 atom stereocenters. The summed E-state index contributed by atoms with van der Waals surface area (Å²) in [6, 6.07) is 14.2. The van der Waals surface area contributed by atoms with Gasteiger partial charge in [0.05, 0.1) is 7.11 Å². The Hall–Kier alpha value is -3.08. The van der Waals surface area contributed by atoms with Crippen molar-refractivity contribution >= 4 is 16.8 Å². The molecule has 5 nitrogen and oxygen atoms in total. The Balaban J connectivity index is 1.79. The number of aryl methyl sites for hydroxylation is 1. The number of rotatable bonds is 4. The van der Waals surface area contributed by atoms with E-state index in [0.29, 0.717) is 17.4 Å². The lowest BCUT2D eigenvalue weighted by molar-refractivity contribution is 0.0946. The number of aromatic nitrogens is 1. The maximum atomic E-state index is 12.3. The molecular weight excluding hydrogens is 304 g/mol. The van der Waals surface area contributed by atoms with Crippen LogP contribution in [0.3, 0.4) is 0 Å². The van der Waals surface area contributed by atoms with Crippen LogP contribution in [-0.4, -0.2) is 18.0 Å². The van der Waals surface area contributed by atoms with E-state index in [1.165, 1.54) is 6.07 Å². The number of amides is 1. The Morgan fingerprint density at radius 3 is 2.75 bits per heavy atom. The number of carbonyl (C=O) groups is 1. The molecule has 5 heteroatoms. The molecule has 0 saturated carbocycles. The number of hydrogen-bond acceptors (Lipinski definition) is 3. The van der Waals surface area contributed by atoms with Crippen molar-refractivity contribution in [1.82, 2.24) is 10.3 Å². The molecule has 1 heterocycles. The van der Waals surface area contributed by atoms with Crippen molar-refractivity contribution in [2.45, 2.75) is 13.5 Å². The number of pyridine rings is 1. The topological polar surface area (TPSA) is 71.2 Å². The van der Waals surface area contributed by atoms with Crippen LogP contribution in [0.5, 0.6) is 5.75 Å². The number of nitrogens with one attached hydrogen (secondary N) is 2. The third kappa shape index (κ3) is 3.15. The van der Waals surface area contributed by atoms with Crippen LogP contribution in [0.1, 0.15) is 21.6 Å². The second-order valence-electron chi connectivity index (χ2n) is 5.58. The van der Waals surface area contributed by atoms with E-state index in [9.17, 15) is 9.59 Å². The Bertz CT molecular complexity index is 960. The van der Waals surface area contributed by atoms with Gasteiger partial charge in [-0.25, -0.2) is 0 Å². The predicted octanol–water partition coefficient (Wildman–Crippen LogP) is 2.78. The zero-order chi connectivity index (χ0) is 17.1. The molecule has 0 aliphatic carbocycles. The summed E-state index contributed by atoms with van der Waals surface area (Å²) in [4.78, 5) is 27.4. The lowest BCUT2D eigenvalue weighted by atomic mass is 10.1. The van der Waals surface area contributed by atoms with E-state index >= 15 is 0 Å². The quantitative estimate of drug-likeness (QED) is 0.776. The molecule has 1 amide bonds. The van der Waals surface area contributed by atoms with Gasteiger partial charge in [-0.1, -0.05) is 24.3 Å². The number of ether oxygens (including phenoxy) is 1. The molecule has 2 aromatic carbocycles. The van der Waals surface area contributed by atoms with Gasteiger partial charge in [-0.3, -0.25) is 9.59 Å². The highest BCUT2D eigenvalue weighted by atomic mass is 16.5. The van der Waals surface area contributed by atoms with Crippen molar-refractivity contribution in [3.63, 3.8) is 0 Å². The molecular formula is C19H18N2O3. The van der Waals surface area contributed by atoms with E-state index in [0.717, 1.165) is 16.9 Å². The first-order chi connectivity index (χ1) is 11.6. The highest BCUT2D eigenvalue weighted by molar-refractivity contribution is 5.94. The van der Waals surface area contributed by atoms with E-state index in [1.807, 2.05) is 31.2 Å². The van der Waals surface area contributed by atoms with Crippen molar-refractivity contribution in [3.8, 4) is 5.75 Å². The van der Waals surface area contributed by atoms with Crippen molar-refractivity contribution in [3.05, 3.63) is 75.6 Å². The Labute approximate surface area is 139 Å². The van der Waals surface area contributed by atoms with E-state index in [1.54, 1.807) is 25.3 Å². The largest absolute Gasteiger partial charge is 0.496 e. The fraction of sp³-hybridized carbons (Fsp3) is 0.158. The molecule has 0 saturated heterocycles. The molecule has 122 valence electrons. The Kier molecular flexibility index (Phi) is 4.33. The summed E-state index contributed by atoms with van der Waals surface area (Å²) < 4.78 is 5.28. The van der Waals surface area contributed by atoms with Gasteiger partial charge in [0.25, 0.3) is 5.91 Å². The first kappa shape index (κ1) is 15.8. The average Bonchev–Trinajstić information content (AvgIpc) is 2.60. The molecule has 3 aromatic rings. The van der Waals surface area contributed by atoms with Crippen LogP contribution in [-0.2, 0) is 6.54 Å². The van der Waals surface area contributed by atoms with Gasteiger partial charge in [0.2, 0.25) is 0 Å². The van der Waals surface area contributed by atoms with Gasteiger partial charge in [-0.2, -0.15) is 0 Å². The van der Waals surface area contributed by atoms with Gasteiger partial charge >= 0.3 is 0 Å². The third-order valence-electron chi connectivity index (χ3n) is 3.91. The lowest BCUT2D eigenvalue weighted by Gasteiger charge is -2.09. The monoisotopic (exact) mass is 322 g/mol. The van der Waals surface area contributed by atoms with Crippen molar-refractivity contribution in [2.75, 3.05) is 7.11 Å². The van der Waals surface area contributed by atoms with Gasteiger partial charge in [0.15, 0.2) is 5.43 Å². The standard InChI is InChI=1S/C19H18N2O3/c1-12-7-8-13(9-18(12)24-2)11-20-19(23)16-10-17(22)14-5-3-4-6-15(14)21-16/h3-10H,11H2,1-2H3,(H,20,23)(H,21,22). The van der Waals surface area contributed by atoms with Crippen LogP contribution in [0.2, 0.25) is 0 Å². The maximum Gasteiger partial charge on any atom is 0.268 e. The van der Waals surface area contributed by atoms with Crippen LogP contribution in [0.15, 0.2) is 53.3 Å². The van der Waals surface area contributed by atoms with E-state index in [-0.39, 0.29) is 17.0 Å². The first-order valence-corrected chi connectivity index (χ1v) is 7.62. The normalized spacial score (nSPS) is 10.6. The number of fused-ring (bicyclic) bond motifs is 1. The number of methoxy groups -OCH3 is 1. The number of carbonyl (C=O) groups excluding carboxylic acids is 1. The number of para-hydroxylation sites is 1. The zero-order valence-electron chi connectivity index (χ0n) is 13.6. The smallest absolute Gasteiger partial charge is 0.268 e. The fourth-order valence-corrected chi connectivity index (χ4v) is 2.57. The van der Waals surface area contributed by atoms with Crippen LogP contribution in [0.25, 0.3) is 10.9 Å². The van der Waals surface area contributed by atoms with Gasteiger partial charge in [-0.15, -0.1) is 0 Å². The summed E-state index contributed by atoms with van der Waals surface area (Å²) in [5.74, 6) is 0.457. The molecule has 2 N–H and O–H groups in total. The molecule has 0 unspecified atom stereocenters. The van der Waals surface area contributed by atoms with Crippen molar-refractivity contribution in [2.24, 2.45) is 0 Å². The fourth-order valence-electron chi connectivity index (χ4n) is 2.57. The van der Waals surface area contributed by atoms with Crippen LogP contribution < -0.4 is 15.5 Å². The second kappa shape index (κ2) is 6.58. The van der Waals surface area contributed by atoms with Crippen LogP contribution in [0.4, 0.5) is 0 Å². The van der Waals surface area contributed by atoms with E-state index in [2.05, 4.69) is 10.3 Å². The third-order valence-corrected chi connectivity index (χ3v) is 3.91. The van der Waals surface area contributed by atoms with Gasteiger partial charge < -0.3 is 15.0 Å². The van der Waals surface area contributed by atoms with Gasteiger partial charge in [0, 0.05) is 23.5 Å². The minimum absolute atomic E-state index is 0.175. The van der Waals surface area contributed by atoms with E-state index < -0.39 is 0 Å². The number of benzene rings is 2. The summed E-state index contributed by atoms with van der Waals surface area (Å²) in [5, 5.41) is 3.38. The van der Waals surface area contributed by atoms with Crippen molar-refractivity contribution in [1.29, 1.82) is 0 Å². The summed E-state index contributed by atoms with van der Waals surface area (Å²) in [5.41, 5.74) is 2.68. The molecule has 24 heavy (non-hydrogen) atoms. The lowest BCUT2D eigenvalue weighted by Crippen LogP contribution is -2.25. The van der Waals surface area contributed by atoms with Gasteiger partial charge in [0.1, 0.15) is 11.4 Å². The highest BCUT2D eigenvalue weighted by Gasteiger charge is 2.10. The Morgan fingerprint density at radius 2 is 1.96 bits per heavy atom. The zero-order valence-corrected chi connectivity index (χ0v) is 13.6. The average molecular weight is 322 g/mol. The molecule has 0 fully saturated rings. The summed E-state index contributed by atoms with van der Waals surface area (Å²) >= 11 is 0. The minimum Gasteiger partial charge on any atom is -0.496 e. The molecule has 0 radical (unpaired) electrons. The molecule has 0 spiro atoms. The summed E-state index contributed by atoms with van der Waals surface area (Å²) in [6.07, 6.45) is 0. The summed E-state index contributed by atoms with van der Waals surface area (Å²) in [7, 11) is 1.62. The molecule has 0 aliphatic heterocycles. The number of hydrogen-bond donors (Lipinski definition) is 2. The second-order valence-corrected chi connectivity index (χ2v) is 5.58. The predicted molar refractivity (Wildman–Crippen MR) is 93.5 cm³/mol. The number of H-pyrrole nitrogens is 1. The Morgan fingerprint density at radius 1 is 1.17 bits per heavy atom. The van der Waals surface area contributed by atoms with Crippen LogP contribution >= 0.6 is 0 Å². The molecule has 0 aliphatic rings. The highest BCUT2D eigenvalue weighted by Crippen LogP contribution is 2.18. The maximum absolute atomic E-state index is 12.3. The van der Waals surface area contributed by atoms with Gasteiger partial charge in [-0.05, 0) is 36.2 Å². The number of aromatic amines is 1. The minimum atomic E-state index is -0.322. The molecule has 0 bridgehead atoms. The van der Waals surface area contributed by atoms with E-state index in [4.69, 9.17) is 4.74 Å². The first-order valence-electron chi connectivity index (χ1n) is 7.62. The molecule has 1 aromatic heterocycles. The summed E-state index contributed by atoms with van der Waals surface area (Å²) in [6.45, 7) is 2.31.